The highest BCUT2D eigenvalue weighted by atomic mass is 16.6. The van der Waals surface area contributed by atoms with Gasteiger partial charge in [0.2, 0.25) is 0 Å². The van der Waals surface area contributed by atoms with Crippen molar-refractivity contribution in [1.82, 2.24) is 5.32 Å². The molecule has 0 aliphatic rings. The molecule has 0 aromatic rings. The van der Waals surface area contributed by atoms with Crippen molar-refractivity contribution in [3.8, 4) is 0 Å². The van der Waals surface area contributed by atoms with Crippen molar-refractivity contribution in [2.45, 2.75) is 59.6 Å². The molecule has 0 bridgehead atoms. The summed E-state index contributed by atoms with van der Waals surface area (Å²) in [5.74, 6) is 0.319. The Labute approximate surface area is 99.3 Å². The summed E-state index contributed by atoms with van der Waals surface area (Å²) < 4.78 is 5.22. The molecule has 0 aromatic heterocycles. The molecule has 0 aromatic carbocycles. The fourth-order valence-electron chi connectivity index (χ4n) is 1.39. The summed E-state index contributed by atoms with van der Waals surface area (Å²) in [6.45, 7) is 15.7. The molecule has 0 heterocycles. The number of nitrogens with one attached hydrogen (secondary N) is 1. The quantitative estimate of drug-likeness (QED) is 0.746. The van der Waals surface area contributed by atoms with E-state index in [0.717, 1.165) is 12.0 Å². The van der Waals surface area contributed by atoms with E-state index in [1.165, 1.54) is 0 Å². The predicted molar refractivity (Wildman–Crippen MR) is 67.4 cm³/mol. The van der Waals surface area contributed by atoms with Gasteiger partial charge in [0.05, 0.1) is 6.04 Å². The highest BCUT2D eigenvalue weighted by Crippen LogP contribution is 2.15. The van der Waals surface area contributed by atoms with Gasteiger partial charge in [-0.15, -0.1) is 0 Å². The van der Waals surface area contributed by atoms with E-state index >= 15 is 0 Å². The van der Waals surface area contributed by atoms with E-state index in [2.05, 4.69) is 25.7 Å². The number of rotatable bonds is 4. The van der Waals surface area contributed by atoms with Gasteiger partial charge in [0.25, 0.3) is 0 Å². The lowest BCUT2D eigenvalue weighted by atomic mass is 9.95. The molecule has 1 amide bonds. The Morgan fingerprint density at radius 2 is 1.88 bits per heavy atom. The van der Waals surface area contributed by atoms with Gasteiger partial charge in [0, 0.05) is 0 Å². The smallest absolute Gasteiger partial charge is 0.408 e. The first kappa shape index (κ1) is 15.0. The summed E-state index contributed by atoms with van der Waals surface area (Å²) >= 11 is 0. The third-order valence-corrected chi connectivity index (χ3v) is 2.23. The van der Waals surface area contributed by atoms with Gasteiger partial charge in [0.1, 0.15) is 5.60 Å². The number of hydrogen-bond acceptors (Lipinski definition) is 2. The van der Waals surface area contributed by atoms with Crippen LogP contribution in [-0.4, -0.2) is 17.7 Å². The van der Waals surface area contributed by atoms with Crippen molar-refractivity contribution in [3.63, 3.8) is 0 Å². The lowest BCUT2D eigenvalue weighted by Gasteiger charge is -2.26. The van der Waals surface area contributed by atoms with Crippen molar-refractivity contribution >= 4 is 6.09 Å². The third kappa shape index (κ3) is 5.79. The molecule has 0 saturated heterocycles. The maximum atomic E-state index is 11.6. The summed E-state index contributed by atoms with van der Waals surface area (Å²) in [7, 11) is 0. The standard InChI is InChI=1S/C13H25NO2/c1-8-10(4)11(9(2)3)14-12(15)16-13(5,6)7/h9,11H,4,8H2,1-3,5-7H3,(H,14,15)/t11-/m1/s1. The normalized spacial score (nSPS) is 13.4. The zero-order valence-electron chi connectivity index (χ0n) is 11.4. The van der Waals surface area contributed by atoms with Gasteiger partial charge in [-0.1, -0.05) is 32.9 Å². The molecule has 16 heavy (non-hydrogen) atoms. The molecule has 0 aliphatic heterocycles. The van der Waals surface area contributed by atoms with Crippen molar-refractivity contribution in [1.29, 1.82) is 0 Å². The monoisotopic (exact) mass is 227 g/mol. The van der Waals surface area contributed by atoms with Crippen LogP contribution in [0.2, 0.25) is 0 Å². The lowest BCUT2D eigenvalue weighted by molar-refractivity contribution is 0.0500. The second-order valence-electron chi connectivity index (χ2n) is 5.38. The van der Waals surface area contributed by atoms with Crippen LogP contribution in [0.3, 0.4) is 0 Å². The Balaban J connectivity index is 4.42. The summed E-state index contributed by atoms with van der Waals surface area (Å²) in [6.07, 6.45) is 0.486. The van der Waals surface area contributed by atoms with Crippen LogP contribution in [0.1, 0.15) is 48.0 Å². The predicted octanol–water partition coefficient (Wildman–Crippen LogP) is 3.50. The molecule has 1 atom stereocenters. The third-order valence-electron chi connectivity index (χ3n) is 2.23. The largest absolute Gasteiger partial charge is 0.444 e. The number of hydrogen-bond donors (Lipinski definition) is 1. The molecular formula is C13H25NO2. The van der Waals surface area contributed by atoms with Crippen LogP contribution in [-0.2, 0) is 4.74 Å². The molecule has 0 spiro atoms. The molecule has 0 fully saturated rings. The Kier molecular flexibility index (Phi) is 5.56. The molecule has 3 nitrogen and oxygen atoms in total. The molecule has 94 valence electrons. The minimum Gasteiger partial charge on any atom is -0.444 e. The Hall–Kier alpha value is -0.990. The van der Waals surface area contributed by atoms with Crippen LogP contribution >= 0.6 is 0 Å². The first-order valence-corrected chi connectivity index (χ1v) is 5.84. The second kappa shape index (κ2) is 5.92. The van der Waals surface area contributed by atoms with E-state index < -0.39 is 5.60 Å². The van der Waals surface area contributed by atoms with E-state index in [1.807, 2.05) is 27.7 Å². The Bertz CT molecular complexity index is 251. The van der Waals surface area contributed by atoms with E-state index in [4.69, 9.17) is 4.74 Å². The zero-order chi connectivity index (χ0) is 12.9. The van der Waals surface area contributed by atoms with Crippen molar-refractivity contribution < 1.29 is 9.53 Å². The minimum absolute atomic E-state index is 0.0140. The van der Waals surface area contributed by atoms with E-state index in [0.29, 0.717) is 5.92 Å². The fourth-order valence-corrected chi connectivity index (χ4v) is 1.39. The second-order valence-corrected chi connectivity index (χ2v) is 5.38. The van der Waals surface area contributed by atoms with Crippen LogP contribution < -0.4 is 5.32 Å². The average molecular weight is 227 g/mol. The van der Waals surface area contributed by atoms with E-state index in [9.17, 15) is 4.79 Å². The summed E-state index contributed by atoms with van der Waals surface area (Å²) in [5, 5.41) is 2.86. The SMILES string of the molecule is C=C(CC)[C@H](NC(=O)OC(C)(C)C)C(C)C. The number of ether oxygens (including phenoxy) is 1. The number of amides is 1. The van der Waals surface area contributed by atoms with Crippen LogP contribution in [0.5, 0.6) is 0 Å². The Morgan fingerprint density at radius 3 is 2.19 bits per heavy atom. The van der Waals surface area contributed by atoms with Crippen LogP contribution in [0.4, 0.5) is 4.79 Å². The van der Waals surface area contributed by atoms with Gasteiger partial charge in [-0.05, 0) is 33.1 Å². The molecule has 0 rings (SSSR count). The first-order valence-electron chi connectivity index (χ1n) is 5.84. The zero-order valence-corrected chi connectivity index (χ0v) is 11.4. The maximum Gasteiger partial charge on any atom is 0.408 e. The first-order chi connectivity index (χ1) is 7.17. The molecule has 1 N–H and O–H groups in total. The Morgan fingerprint density at radius 1 is 1.38 bits per heavy atom. The van der Waals surface area contributed by atoms with Crippen LogP contribution in [0, 0.1) is 5.92 Å². The summed E-state index contributed by atoms with van der Waals surface area (Å²) in [4.78, 5) is 11.6. The molecule has 3 heteroatoms. The average Bonchev–Trinajstić information content (AvgIpc) is 2.09. The van der Waals surface area contributed by atoms with Gasteiger partial charge in [0.15, 0.2) is 0 Å². The van der Waals surface area contributed by atoms with Crippen LogP contribution in [0.25, 0.3) is 0 Å². The van der Waals surface area contributed by atoms with Gasteiger partial charge < -0.3 is 10.1 Å². The van der Waals surface area contributed by atoms with Gasteiger partial charge >= 0.3 is 6.09 Å². The van der Waals surface area contributed by atoms with Crippen molar-refractivity contribution in [2.24, 2.45) is 5.92 Å². The minimum atomic E-state index is -0.459. The van der Waals surface area contributed by atoms with Gasteiger partial charge in [-0.2, -0.15) is 0 Å². The summed E-state index contributed by atoms with van der Waals surface area (Å²) in [6, 6.07) is -0.0140. The molecule has 0 aliphatic carbocycles. The number of carbonyl (C=O) groups is 1. The molecule has 0 unspecified atom stereocenters. The van der Waals surface area contributed by atoms with Crippen molar-refractivity contribution in [3.05, 3.63) is 12.2 Å². The van der Waals surface area contributed by atoms with Crippen molar-refractivity contribution in [2.75, 3.05) is 0 Å². The highest BCUT2D eigenvalue weighted by Gasteiger charge is 2.22. The van der Waals surface area contributed by atoms with E-state index in [1.54, 1.807) is 0 Å². The molecule has 0 radical (unpaired) electrons. The van der Waals surface area contributed by atoms with E-state index in [-0.39, 0.29) is 12.1 Å². The van der Waals surface area contributed by atoms with Crippen LogP contribution in [0.15, 0.2) is 12.2 Å². The fraction of sp³-hybridized carbons (Fsp3) is 0.769. The summed E-state index contributed by atoms with van der Waals surface area (Å²) in [5.41, 5.74) is 0.569. The number of carbonyl (C=O) groups excluding carboxylic acids is 1. The number of alkyl carbamates (subject to hydrolysis) is 1. The molecular weight excluding hydrogens is 202 g/mol. The highest BCUT2D eigenvalue weighted by molar-refractivity contribution is 5.68. The van der Waals surface area contributed by atoms with Gasteiger partial charge in [-0.3, -0.25) is 0 Å². The molecule has 0 saturated carbocycles. The van der Waals surface area contributed by atoms with Gasteiger partial charge in [-0.25, -0.2) is 4.79 Å². The lowest BCUT2D eigenvalue weighted by Crippen LogP contribution is -2.42. The maximum absolute atomic E-state index is 11.6. The topological polar surface area (TPSA) is 38.3 Å².